The van der Waals surface area contributed by atoms with Gasteiger partial charge in [0.05, 0.1) is 11.6 Å². The fourth-order valence-electron chi connectivity index (χ4n) is 3.82. The van der Waals surface area contributed by atoms with Crippen molar-refractivity contribution in [3.8, 4) is 11.5 Å². The number of anilines is 1. The molecule has 0 radical (unpaired) electrons. The summed E-state index contributed by atoms with van der Waals surface area (Å²) in [6, 6.07) is 20.7. The Bertz CT molecular complexity index is 1240. The first-order chi connectivity index (χ1) is 15.7. The Hall–Kier alpha value is -3.93. The molecular weight excluding hydrogens is 421 g/mol. The molecule has 168 valence electrons. The number of halogens is 1. The maximum atomic E-state index is 14.0. The predicted octanol–water partition coefficient (Wildman–Crippen LogP) is 6.13. The summed E-state index contributed by atoms with van der Waals surface area (Å²) in [5, 5.41) is 10.8. The van der Waals surface area contributed by atoms with Crippen LogP contribution in [0.5, 0.6) is 11.5 Å². The molecule has 0 aromatic heterocycles. The number of carbonyl (C=O) groups excluding carboxylic acids is 2. The monoisotopic (exact) mass is 445 g/mol. The summed E-state index contributed by atoms with van der Waals surface area (Å²) in [6.45, 7) is 5.16. The zero-order chi connectivity index (χ0) is 23.8. The number of Topliss-reactive ketones (excluding diaryl/α,β-unsaturated/α-hetero) is 1. The summed E-state index contributed by atoms with van der Waals surface area (Å²) in [6.07, 6.45) is 0. The zero-order valence-electron chi connectivity index (χ0n) is 18.6. The van der Waals surface area contributed by atoms with Crippen molar-refractivity contribution in [2.45, 2.75) is 26.8 Å². The molecule has 6 heteroatoms. The van der Waals surface area contributed by atoms with Crippen molar-refractivity contribution < 1.29 is 23.8 Å². The van der Waals surface area contributed by atoms with Crippen LogP contribution in [-0.4, -0.2) is 16.8 Å². The zero-order valence-corrected chi connectivity index (χ0v) is 18.6. The lowest BCUT2D eigenvalue weighted by atomic mass is 9.82. The Kier molecular flexibility index (Phi) is 5.77. The van der Waals surface area contributed by atoms with Crippen LogP contribution >= 0.6 is 0 Å². The first kappa shape index (κ1) is 22.3. The summed E-state index contributed by atoms with van der Waals surface area (Å²) in [5.41, 5.74) is -0.0771. The molecule has 1 aliphatic rings. The molecule has 0 aliphatic carbocycles. The number of aliphatic hydroxyl groups excluding tert-OH is 1. The molecule has 0 spiro atoms. The third kappa shape index (κ3) is 4.37. The van der Waals surface area contributed by atoms with E-state index in [4.69, 9.17) is 4.74 Å². The van der Waals surface area contributed by atoms with Gasteiger partial charge in [0.1, 0.15) is 17.3 Å². The van der Waals surface area contributed by atoms with Crippen molar-refractivity contribution in [1.29, 1.82) is 0 Å². The molecule has 3 aromatic carbocycles. The molecule has 0 saturated carbocycles. The minimum Gasteiger partial charge on any atom is -0.503 e. The number of hydrogen-bond donors (Lipinski definition) is 1. The van der Waals surface area contributed by atoms with Crippen molar-refractivity contribution in [1.82, 2.24) is 0 Å². The van der Waals surface area contributed by atoms with Crippen LogP contribution in [0.1, 0.15) is 32.4 Å². The highest BCUT2D eigenvalue weighted by Gasteiger charge is 2.46. The molecule has 1 atom stereocenters. The lowest BCUT2D eigenvalue weighted by molar-refractivity contribution is -0.123. The van der Waals surface area contributed by atoms with Crippen LogP contribution in [0.3, 0.4) is 0 Å². The number of carbonyl (C=O) groups is 2. The van der Waals surface area contributed by atoms with Gasteiger partial charge in [0.15, 0.2) is 11.5 Å². The number of amides is 1. The Balaban J connectivity index is 1.84. The highest BCUT2D eigenvalue weighted by atomic mass is 19.1. The maximum absolute atomic E-state index is 14.0. The lowest BCUT2D eigenvalue weighted by Gasteiger charge is -2.29. The summed E-state index contributed by atoms with van der Waals surface area (Å²) >= 11 is 0. The number of ketones is 1. The van der Waals surface area contributed by atoms with Gasteiger partial charge in [-0.1, -0.05) is 57.2 Å². The third-order valence-electron chi connectivity index (χ3n) is 5.37. The second-order valence-corrected chi connectivity index (χ2v) is 8.89. The second kappa shape index (κ2) is 8.54. The normalized spacial score (nSPS) is 16.3. The van der Waals surface area contributed by atoms with E-state index in [0.29, 0.717) is 17.1 Å². The third-order valence-corrected chi connectivity index (χ3v) is 5.37. The highest BCUT2D eigenvalue weighted by Crippen LogP contribution is 2.44. The lowest BCUT2D eigenvalue weighted by Crippen LogP contribution is -2.32. The first-order valence-corrected chi connectivity index (χ1v) is 10.6. The van der Waals surface area contributed by atoms with Crippen molar-refractivity contribution in [3.05, 3.63) is 102 Å². The fraction of sp³-hybridized carbons (Fsp3) is 0.185. The van der Waals surface area contributed by atoms with E-state index in [2.05, 4.69) is 0 Å². The van der Waals surface area contributed by atoms with Gasteiger partial charge in [-0.05, 0) is 48.0 Å². The number of rotatable bonds is 5. The van der Waals surface area contributed by atoms with Crippen LogP contribution in [0, 0.1) is 11.2 Å². The van der Waals surface area contributed by atoms with Gasteiger partial charge in [-0.3, -0.25) is 14.5 Å². The molecule has 1 aliphatic heterocycles. The van der Waals surface area contributed by atoms with E-state index in [1.165, 1.54) is 23.1 Å². The molecule has 33 heavy (non-hydrogen) atoms. The largest absolute Gasteiger partial charge is 0.503 e. The molecule has 1 unspecified atom stereocenters. The summed E-state index contributed by atoms with van der Waals surface area (Å²) in [4.78, 5) is 27.7. The minimum absolute atomic E-state index is 0.0198. The molecule has 1 N–H and O–H groups in total. The van der Waals surface area contributed by atoms with E-state index in [0.717, 1.165) is 0 Å². The topological polar surface area (TPSA) is 66.8 Å². The van der Waals surface area contributed by atoms with Gasteiger partial charge < -0.3 is 9.84 Å². The van der Waals surface area contributed by atoms with Gasteiger partial charge in [0.25, 0.3) is 5.91 Å². The van der Waals surface area contributed by atoms with E-state index < -0.39 is 28.9 Å². The molecule has 3 aromatic rings. The van der Waals surface area contributed by atoms with Crippen molar-refractivity contribution >= 4 is 17.4 Å². The number of hydrogen-bond acceptors (Lipinski definition) is 4. The van der Waals surface area contributed by atoms with Gasteiger partial charge in [-0.15, -0.1) is 0 Å². The predicted molar refractivity (Wildman–Crippen MR) is 124 cm³/mol. The minimum atomic E-state index is -0.939. The standard InChI is InChI=1S/C27H24FNO4/c1-27(2,3)25(31)22-23(29(26(32)24(22)30)19-11-8-10-18(28)16-19)17-9-7-14-21(15-17)33-20-12-5-4-6-13-20/h4-16,23,30H,1-3H3. The van der Waals surface area contributed by atoms with Gasteiger partial charge in [0, 0.05) is 11.1 Å². The summed E-state index contributed by atoms with van der Waals surface area (Å²) < 4.78 is 20.0. The molecule has 1 heterocycles. The van der Waals surface area contributed by atoms with Gasteiger partial charge in [-0.25, -0.2) is 4.39 Å². The Morgan fingerprint density at radius 2 is 1.61 bits per heavy atom. The van der Waals surface area contributed by atoms with Crippen LogP contribution in [0.4, 0.5) is 10.1 Å². The summed E-state index contributed by atoms with van der Waals surface area (Å²) in [7, 11) is 0. The molecule has 1 amide bonds. The van der Waals surface area contributed by atoms with Crippen LogP contribution in [0.25, 0.3) is 0 Å². The number of aliphatic hydroxyl groups is 1. The van der Waals surface area contributed by atoms with E-state index in [-0.39, 0.29) is 17.0 Å². The van der Waals surface area contributed by atoms with E-state index >= 15 is 0 Å². The van der Waals surface area contributed by atoms with Crippen LogP contribution in [-0.2, 0) is 9.59 Å². The van der Waals surface area contributed by atoms with Crippen LogP contribution in [0.15, 0.2) is 90.2 Å². The molecule has 4 rings (SSSR count). The Morgan fingerprint density at radius 3 is 2.27 bits per heavy atom. The fourth-order valence-corrected chi connectivity index (χ4v) is 3.82. The van der Waals surface area contributed by atoms with E-state index in [1.54, 1.807) is 51.1 Å². The average Bonchev–Trinajstić information content (AvgIpc) is 3.04. The molecule has 0 bridgehead atoms. The smallest absolute Gasteiger partial charge is 0.294 e. The quantitative estimate of drug-likeness (QED) is 0.513. The molecular formula is C27H24FNO4. The van der Waals surface area contributed by atoms with E-state index in [9.17, 15) is 19.1 Å². The number of benzene rings is 3. The van der Waals surface area contributed by atoms with Gasteiger partial charge >= 0.3 is 0 Å². The highest BCUT2D eigenvalue weighted by molar-refractivity contribution is 6.17. The van der Waals surface area contributed by atoms with Crippen molar-refractivity contribution in [2.75, 3.05) is 4.90 Å². The summed E-state index contributed by atoms with van der Waals surface area (Å²) in [5.74, 6) is -1.16. The van der Waals surface area contributed by atoms with Crippen LogP contribution < -0.4 is 9.64 Å². The molecule has 5 nitrogen and oxygen atoms in total. The van der Waals surface area contributed by atoms with Crippen molar-refractivity contribution in [2.24, 2.45) is 5.41 Å². The molecule has 0 saturated heterocycles. The van der Waals surface area contributed by atoms with Gasteiger partial charge in [-0.2, -0.15) is 0 Å². The average molecular weight is 445 g/mol. The SMILES string of the molecule is CC(C)(C)C(=O)C1=C(O)C(=O)N(c2cccc(F)c2)C1c1cccc(Oc2ccccc2)c1. The van der Waals surface area contributed by atoms with Gasteiger partial charge in [0.2, 0.25) is 0 Å². The van der Waals surface area contributed by atoms with E-state index in [1.807, 2.05) is 30.3 Å². The second-order valence-electron chi connectivity index (χ2n) is 8.89. The molecule has 0 fully saturated rings. The first-order valence-electron chi connectivity index (χ1n) is 10.6. The number of ether oxygens (including phenoxy) is 1. The number of para-hydroxylation sites is 1. The van der Waals surface area contributed by atoms with Crippen molar-refractivity contribution in [3.63, 3.8) is 0 Å². The van der Waals surface area contributed by atoms with Crippen LogP contribution in [0.2, 0.25) is 0 Å². The Labute approximate surface area is 191 Å². The maximum Gasteiger partial charge on any atom is 0.294 e. The number of nitrogens with zero attached hydrogens (tertiary/aromatic N) is 1. The Morgan fingerprint density at radius 1 is 0.939 bits per heavy atom.